The minimum absolute atomic E-state index is 0.0510. The van der Waals surface area contributed by atoms with Gasteiger partial charge in [-0.1, -0.05) is 36.4 Å². The number of carbonyl (C=O) groups is 1. The van der Waals surface area contributed by atoms with Gasteiger partial charge in [0.1, 0.15) is 0 Å². The molecule has 2 aliphatic rings. The van der Waals surface area contributed by atoms with E-state index in [0.29, 0.717) is 12.1 Å². The minimum atomic E-state index is 0.0510. The third-order valence-electron chi connectivity index (χ3n) is 6.45. The highest BCUT2D eigenvalue weighted by molar-refractivity contribution is 5.98. The van der Waals surface area contributed by atoms with E-state index >= 15 is 0 Å². The number of amides is 1. The number of piperidine rings is 1. The zero-order chi connectivity index (χ0) is 19.1. The SMILES string of the molecule is Cc1cc2ccc(C(=O)NC3C[C@H]4CC[C@@H](C3)N4Cc3ccccc3)cc2[nH]1. The lowest BCUT2D eigenvalue weighted by molar-refractivity contribution is 0.0828. The molecule has 0 saturated carbocycles. The number of nitrogens with one attached hydrogen (secondary N) is 2. The summed E-state index contributed by atoms with van der Waals surface area (Å²) in [5, 5.41) is 4.47. The van der Waals surface area contributed by atoms with Crippen LogP contribution in [0.4, 0.5) is 0 Å². The average molecular weight is 374 g/mol. The van der Waals surface area contributed by atoms with Gasteiger partial charge in [0.05, 0.1) is 0 Å². The first-order chi connectivity index (χ1) is 13.7. The van der Waals surface area contributed by atoms with Gasteiger partial charge in [0.2, 0.25) is 0 Å². The summed E-state index contributed by atoms with van der Waals surface area (Å²) < 4.78 is 0. The number of hydrogen-bond acceptors (Lipinski definition) is 2. The van der Waals surface area contributed by atoms with E-state index in [0.717, 1.165) is 41.5 Å². The monoisotopic (exact) mass is 373 g/mol. The first-order valence-electron chi connectivity index (χ1n) is 10.4. The van der Waals surface area contributed by atoms with Crippen LogP contribution in [0.3, 0.4) is 0 Å². The molecule has 3 aromatic rings. The molecular weight excluding hydrogens is 346 g/mol. The van der Waals surface area contributed by atoms with Crippen LogP contribution in [0.2, 0.25) is 0 Å². The molecule has 2 aromatic carbocycles. The highest BCUT2D eigenvalue weighted by Crippen LogP contribution is 2.37. The van der Waals surface area contributed by atoms with Crippen LogP contribution in [0.25, 0.3) is 10.9 Å². The number of aromatic nitrogens is 1. The highest BCUT2D eigenvalue weighted by atomic mass is 16.1. The minimum Gasteiger partial charge on any atom is -0.359 e. The Hall–Kier alpha value is -2.59. The van der Waals surface area contributed by atoms with Crippen LogP contribution < -0.4 is 5.32 Å². The van der Waals surface area contributed by atoms with Gasteiger partial charge >= 0.3 is 0 Å². The summed E-state index contributed by atoms with van der Waals surface area (Å²) in [7, 11) is 0. The lowest BCUT2D eigenvalue weighted by Gasteiger charge is -2.39. The van der Waals surface area contributed by atoms with Crippen molar-refractivity contribution in [2.75, 3.05) is 0 Å². The van der Waals surface area contributed by atoms with Crippen LogP contribution in [0.15, 0.2) is 54.6 Å². The highest BCUT2D eigenvalue weighted by Gasteiger charge is 2.40. The van der Waals surface area contributed by atoms with Crippen LogP contribution in [0.1, 0.15) is 47.3 Å². The predicted molar refractivity (Wildman–Crippen MR) is 112 cm³/mol. The quantitative estimate of drug-likeness (QED) is 0.712. The maximum Gasteiger partial charge on any atom is 0.251 e. The molecule has 0 radical (unpaired) electrons. The summed E-state index contributed by atoms with van der Waals surface area (Å²) in [4.78, 5) is 18.8. The number of H-pyrrole nitrogens is 1. The number of nitrogens with zero attached hydrogens (tertiary/aromatic N) is 1. The fourth-order valence-corrected chi connectivity index (χ4v) is 5.13. The summed E-state index contributed by atoms with van der Waals surface area (Å²) in [5.41, 5.74) is 4.28. The number of aromatic amines is 1. The largest absolute Gasteiger partial charge is 0.359 e. The molecule has 2 bridgehead atoms. The molecule has 0 aliphatic carbocycles. The second-order valence-corrected chi connectivity index (χ2v) is 8.44. The zero-order valence-corrected chi connectivity index (χ0v) is 16.3. The summed E-state index contributed by atoms with van der Waals surface area (Å²) in [6, 6.07) is 20.2. The number of rotatable bonds is 4. The molecule has 3 heterocycles. The van der Waals surface area contributed by atoms with Gasteiger partial charge in [-0.25, -0.2) is 0 Å². The lowest BCUT2D eigenvalue weighted by Crippen LogP contribution is -2.49. The first-order valence-corrected chi connectivity index (χ1v) is 10.4. The topological polar surface area (TPSA) is 48.1 Å². The Bertz CT molecular complexity index is 980. The second kappa shape index (κ2) is 7.10. The van der Waals surface area contributed by atoms with Crippen molar-refractivity contribution in [3.63, 3.8) is 0 Å². The maximum atomic E-state index is 12.8. The van der Waals surface area contributed by atoms with Crippen molar-refractivity contribution in [1.29, 1.82) is 0 Å². The first kappa shape index (κ1) is 17.5. The molecule has 1 unspecified atom stereocenters. The van der Waals surface area contributed by atoms with E-state index in [2.05, 4.69) is 51.6 Å². The zero-order valence-electron chi connectivity index (χ0n) is 16.3. The third-order valence-corrected chi connectivity index (χ3v) is 6.45. The molecule has 3 atom stereocenters. The van der Waals surface area contributed by atoms with Crippen molar-refractivity contribution < 1.29 is 4.79 Å². The van der Waals surface area contributed by atoms with Gasteiger partial charge in [0.15, 0.2) is 0 Å². The Morgan fingerprint density at radius 2 is 1.82 bits per heavy atom. The molecule has 0 spiro atoms. The van der Waals surface area contributed by atoms with E-state index in [9.17, 15) is 4.79 Å². The average Bonchev–Trinajstić information content (AvgIpc) is 3.17. The molecule has 2 aliphatic heterocycles. The van der Waals surface area contributed by atoms with Crippen molar-refractivity contribution in [2.45, 2.75) is 57.3 Å². The second-order valence-electron chi connectivity index (χ2n) is 8.44. The van der Waals surface area contributed by atoms with Crippen molar-refractivity contribution >= 4 is 16.8 Å². The molecule has 2 fully saturated rings. The fourth-order valence-electron chi connectivity index (χ4n) is 5.13. The van der Waals surface area contributed by atoms with E-state index in [-0.39, 0.29) is 11.9 Å². The number of hydrogen-bond donors (Lipinski definition) is 2. The van der Waals surface area contributed by atoms with Gasteiger partial charge in [-0.15, -0.1) is 0 Å². The van der Waals surface area contributed by atoms with E-state index in [1.807, 2.05) is 25.1 Å². The molecule has 2 N–H and O–H groups in total. The number of benzene rings is 2. The van der Waals surface area contributed by atoms with Crippen molar-refractivity contribution in [2.24, 2.45) is 0 Å². The van der Waals surface area contributed by atoms with Crippen molar-refractivity contribution in [3.8, 4) is 0 Å². The standard InChI is InChI=1S/C24H27N3O/c1-16-11-18-7-8-19(12-23(18)25-16)24(28)26-20-13-21-9-10-22(14-20)27(21)15-17-5-3-2-4-6-17/h2-8,11-12,20-22,25H,9-10,13-15H2,1H3,(H,26,28)/t20?,21-,22+. The molecule has 144 valence electrons. The Morgan fingerprint density at radius 1 is 1.07 bits per heavy atom. The molecule has 1 aromatic heterocycles. The number of aryl methyl sites for hydroxylation is 1. The van der Waals surface area contributed by atoms with Gasteiger partial charge in [-0.2, -0.15) is 0 Å². The molecular formula is C24H27N3O. The molecule has 4 nitrogen and oxygen atoms in total. The Kier molecular flexibility index (Phi) is 4.44. The smallest absolute Gasteiger partial charge is 0.251 e. The van der Waals surface area contributed by atoms with Gasteiger partial charge < -0.3 is 10.3 Å². The van der Waals surface area contributed by atoms with Crippen LogP contribution in [0, 0.1) is 6.92 Å². The van der Waals surface area contributed by atoms with Crippen molar-refractivity contribution in [3.05, 3.63) is 71.4 Å². The number of carbonyl (C=O) groups excluding carboxylic acids is 1. The van der Waals surface area contributed by atoms with Gasteiger partial charge in [0, 0.05) is 41.4 Å². The fraction of sp³-hybridized carbons (Fsp3) is 0.375. The molecule has 5 rings (SSSR count). The lowest BCUT2D eigenvalue weighted by atomic mass is 9.96. The summed E-state index contributed by atoms with van der Waals surface area (Å²) in [5.74, 6) is 0.0510. The van der Waals surface area contributed by atoms with Crippen LogP contribution in [-0.2, 0) is 6.54 Å². The molecule has 4 heteroatoms. The van der Waals surface area contributed by atoms with Gasteiger partial charge in [-0.05, 0) is 61.8 Å². The maximum absolute atomic E-state index is 12.8. The van der Waals surface area contributed by atoms with E-state index < -0.39 is 0 Å². The predicted octanol–water partition coefficient (Wildman–Crippen LogP) is 4.40. The van der Waals surface area contributed by atoms with Crippen LogP contribution in [-0.4, -0.2) is 33.9 Å². The van der Waals surface area contributed by atoms with Crippen molar-refractivity contribution in [1.82, 2.24) is 15.2 Å². The summed E-state index contributed by atoms with van der Waals surface area (Å²) >= 11 is 0. The number of fused-ring (bicyclic) bond motifs is 3. The Morgan fingerprint density at radius 3 is 2.57 bits per heavy atom. The Balaban J connectivity index is 1.25. The van der Waals surface area contributed by atoms with E-state index in [1.165, 1.54) is 18.4 Å². The van der Waals surface area contributed by atoms with E-state index in [4.69, 9.17) is 0 Å². The summed E-state index contributed by atoms with van der Waals surface area (Å²) in [6.45, 7) is 3.07. The summed E-state index contributed by atoms with van der Waals surface area (Å²) in [6.07, 6.45) is 4.60. The third kappa shape index (κ3) is 3.33. The Labute approximate surface area is 165 Å². The van der Waals surface area contributed by atoms with Gasteiger partial charge in [0.25, 0.3) is 5.91 Å². The molecule has 28 heavy (non-hydrogen) atoms. The molecule has 1 amide bonds. The molecule has 2 saturated heterocycles. The van der Waals surface area contributed by atoms with Crippen LogP contribution in [0.5, 0.6) is 0 Å². The van der Waals surface area contributed by atoms with E-state index in [1.54, 1.807) is 0 Å². The normalized spacial score (nSPS) is 24.5. The van der Waals surface area contributed by atoms with Crippen LogP contribution >= 0.6 is 0 Å². The van der Waals surface area contributed by atoms with Gasteiger partial charge in [-0.3, -0.25) is 9.69 Å².